The van der Waals surface area contributed by atoms with Crippen molar-refractivity contribution in [2.75, 3.05) is 32.6 Å². The summed E-state index contributed by atoms with van der Waals surface area (Å²) in [6.07, 6.45) is 0.941. The Morgan fingerprint density at radius 3 is 2.40 bits per heavy atom. The van der Waals surface area contributed by atoms with E-state index >= 15 is 0 Å². The second-order valence-electron chi connectivity index (χ2n) is 7.63. The number of guanidine groups is 1. The highest BCUT2D eigenvalue weighted by Crippen LogP contribution is 2.17. The van der Waals surface area contributed by atoms with Crippen molar-refractivity contribution in [2.24, 2.45) is 4.99 Å². The van der Waals surface area contributed by atoms with Crippen LogP contribution in [0.1, 0.15) is 22.5 Å². The van der Waals surface area contributed by atoms with E-state index in [1.807, 2.05) is 17.7 Å². The van der Waals surface area contributed by atoms with Gasteiger partial charge in [-0.1, -0.05) is 30.3 Å². The van der Waals surface area contributed by atoms with Gasteiger partial charge in [-0.3, -0.25) is 4.99 Å². The van der Waals surface area contributed by atoms with Gasteiger partial charge in [-0.05, 0) is 55.7 Å². The van der Waals surface area contributed by atoms with Gasteiger partial charge in [0.1, 0.15) is 0 Å². The first-order valence-electron chi connectivity index (χ1n) is 10.3. The first-order chi connectivity index (χ1) is 14.5. The molecule has 6 nitrogen and oxygen atoms in total. The summed E-state index contributed by atoms with van der Waals surface area (Å²) in [6, 6.07) is 19.1. The molecule has 0 bridgehead atoms. The van der Waals surface area contributed by atoms with Gasteiger partial charge in [0.05, 0.1) is 11.4 Å². The molecule has 0 radical (unpaired) electrons. The van der Waals surface area contributed by atoms with E-state index in [4.69, 9.17) is 0 Å². The second-order valence-corrected chi connectivity index (χ2v) is 7.63. The van der Waals surface area contributed by atoms with E-state index in [1.54, 1.807) is 7.05 Å². The first kappa shape index (κ1) is 21.4. The Bertz CT molecular complexity index is 985. The number of aliphatic imine (C=N–C) groups is 1. The molecule has 0 amide bonds. The first-order valence-corrected chi connectivity index (χ1v) is 10.3. The molecule has 2 N–H and O–H groups in total. The van der Waals surface area contributed by atoms with Crippen molar-refractivity contribution in [1.29, 1.82) is 0 Å². The lowest BCUT2D eigenvalue weighted by atomic mass is 10.1. The Labute approximate surface area is 179 Å². The molecule has 30 heavy (non-hydrogen) atoms. The number of hydrogen-bond acceptors (Lipinski definition) is 3. The van der Waals surface area contributed by atoms with Crippen molar-refractivity contribution < 1.29 is 0 Å². The van der Waals surface area contributed by atoms with Crippen LogP contribution in [0.5, 0.6) is 0 Å². The van der Waals surface area contributed by atoms with Crippen LogP contribution < -0.4 is 15.5 Å². The van der Waals surface area contributed by atoms with Gasteiger partial charge in [-0.25, -0.2) is 4.68 Å². The summed E-state index contributed by atoms with van der Waals surface area (Å²) < 4.78 is 2.00. The third kappa shape index (κ3) is 5.41. The Hall–Kier alpha value is -3.28. The Morgan fingerprint density at radius 1 is 1.03 bits per heavy atom. The van der Waals surface area contributed by atoms with Gasteiger partial charge < -0.3 is 15.5 Å². The number of aromatic nitrogens is 2. The Kier molecular flexibility index (Phi) is 7.12. The summed E-state index contributed by atoms with van der Waals surface area (Å²) in [4.78, 5) is 6.47. The Morgan fingerprint density at radius 2 is 1.77 bits per heavy atom. The average molecular weight is 405 g/mol. The highest BCUT2D eigenvalue weighted by Gasteiger charge is 2.09. The number of nitrogens with one attached hydrogen (secondary N) is 2. The molecule has 1 heterocycles. The Balaban J connectivity index is 1.57. The van der Waals surface area contributed by atoms with Gasteiger partial charge in [0.15, 0.2) is 5.96 Å². The molecular formula is C24H32N6. The lowest BCUT2D eigenvalue weighted by Gasteiger charge is -2.15. The molecule has 0 fully saturated rings. The number of anilines is 1. The van der Waals surface area contributed by atoms with Gasteiger partial charge in [0.2, 0.25) is 0 Å². The van der Waals surface area contributed by atoms with Crippen molar-refractivity contribution in [3.8, 4) is 5.69 Å². The van der Waals surface area contributed by atoms with Crippen molar-refractivity contribution in [2.45, 2.75) is 26.8 Å². The molecule has 0 aliphatic heterocycles. The molecule has 3 aromatic rings. The van der Waals surface area contributed by atoms with Crippen LogP contribution in [0.15, 0.2) is 59.6 Å². The quantitative estimate of drug-likeness (QED) is 0.468. The zero-order chi connectivity index (χ0) is 21.5. The van der Waals surface area contributed by atoms with Crippen LogP contribution in [-0.4, -0.2) is 43.4 Å². The highest BCUT2D eigenvalue weighted by atomic mass is 15.3. The van der Waals surface area contributed by atoms with Crippen LogP contribution in [0.4, 0.5) is 5.69 Å². The normalized spacial score (nSPS) is 11.4. The van der Waals surface area contributed by atoms with E-state index in [1.165, 1.54) is 16.8 Å². The number of para-hydroxylation sites is 1. The maximum Gasteiger partial charge on any atom is 0.191 e. The van der Waals surface area contributed by atoms with Crippen LogP contribution >= 0.6 is 0 Å². The predicted octanol–water partition coefficient (Wildman–Crippen LogP) is 3.46. The molecule has 0 atom stereocenters. The van der Waals surface area contributed by atoms with Gasteiger partial charge in [-0.2, -0.15) is 5.10 Å². The molecule has 0 saturated heterocycles. The zero-order valence-electron chi connectivity index (χ0n) is 18.6. The van der Waals surface area contributed by atoms with Crippen LogP contribution in [0.25, 0.3) is 5.69 Å². The predicted molar refractivity (Wildman–Crippen MR) is 126 cm³/mol. The van der Waals surface area contributed by atoms with E-state index in [9.17, 15) is 0 Å². The largest absolute Gasteiger partial charge is 0.378 e. The number of aryl methyl sites for hydroxylation is 2. The smallest absolute Gasteiger partial charge is 0.191 e. The van der Waals surface area contributed by atoms with Crippen molar-refractivity contribution in [3.63, 3.8) is 0 Å². The number of nitrogens with zero attached hydrogens (tertiary/aromatic N) is 4. The van der Waals surface area contributed by atoms with Crippen molar-refractivity contribution in [1.82, 2.24) is 20.4 Å². The number of rotatable bonds is 7. The molecule has 0 spiro atoms. The minimum atomic E-state index is 0.672. The van der Waals surface area contributed by atoms with E-state index in [0.29, 0.717) is 6.54 Å². The maximum absolute atomic E-state index is 4.63. The van der Waals surface area contributed by atoms with E-state index in [0.717, 1.165) is 36.0 Å². The van der Waals surface area contributed by atoms with Crippen LogP contribution in [0.2, 0.25) is 0 Å². The van der Waals surface area contributed by atoms with Crippen LogP contribution in [0.3, 0.4) is 0 Å². The molecule has 3 rings (SSSR count). The summed E-state index contributed by atoms with van der Waals surface area (Å²) in [6.45, 7) is 5.59. The highest BCUT2D eigenvalue weighted by molar-refractivity contribution is 5.79. The molecule has 6 heteroatoms. The van der Waals surface area contributed by atoms with E-state index in [2.05, 4.69) is 95.2 Å². The molecule has 158 valence electrons. The topological polar surface area (TPSA) is 57.5 Å². The van der Waals surface area contributed by atoms with E-state index in [-0.39, 0.29) is 0 Å². The lowest BCUT2D eigenvalue weighted by Crippen LogP contribution is -2.38. The fraction of sp³-hybridized carbons (Fsp3) is 0.333. The summed E-state index contributed by atoms with van der Waals surface area (Å²) in [5.74, 6) is 0.795. The fourth-order valence-electron chi connectivity index (χ4n) is 3.43. The molecular weight excluding hydrogens is 372 g/mol. The SMILES string of the molecule is CN=C(NCCc1ccc(N(C)C)cc1)NCc1ccccc1-n1nc(C)cc1C. The van der Waals surface area contributed by atoms with Crippen LogP contribution in [-0.2, 0) is 13.0 Å². The summed E-state index contributed by atoms with van der Waals surface area (Å²) in [5.41, 5.74) is 6.93. The summed E-state index contributed by atoms with van der Waals surface area (Å²) in [7, 11) is 5.91. The second kappa shape index (κ2) is 9.96. The monoisotopic (exact) mass is 404 g/mol. The van der Waals surface area contributed by atoms with Gasteiger partial charge in [0.25, 0.3) is 0 Å². The van der Waals surface area contributed by atoms with Crippen molar-refractivity contribution in [3.05, 3.63) is 77.1 Å². The lowest BCUT2D eigenvalue weighted by molar-refractivity contribution is 0.775. The minimum Gasteiger partial charge on any atom is -0.378 e. The standard InChI is InChI=1S/C24H32N6/c1-18-16-19(2)30(28-18)23-9-7-6-8-21(23)17-27-24(25-3)26-15-14-20-10-12-22(13-11-20)29(4)5/h6-13,16H,14-15,17H2,1-5H3,(H2,25,26,27). The minimum absolute atomic E-state index is 0.672. The average Bonchev–Trinajstić information content (AvgIpc) is 3.08. The van der Waals surface area contributed by atoms with Crippen LogP contribution in [0, 0.1) is 13.8 Å². The molecule has 0 aliphatic carbocycles. The van der Waals surface area contributed by atoms with Gasteiger partial charge in [0, 0.05) is 45.6 Å². The number of hydrogen-bond donors (Lipinski definition) is 2. The molecule has 0 unspecified atom stereocenters. The third-order valence-corrected chi connectivity index (χ3v) is 5.06. The van der Waals surface area contributed by atoms with Gasteiger partial charge in [-0.15, -0.1) is 0 Å². The van der Waals surface area contributed by atoms with E-state index < -0.39 is 0 Å². The third-order valence-electron chi connectivity index (χ3n) is 5.06. The van der Waals surface area contributed by atoms with Crippen molar-refractivity contribution >= 4 is 11.6 Å². The fourth-order valence-corrected chi connectivity index (χ4v) is 3.43. The molecule has 0 aliphatic rings. The van der Waals surface area contributed by atoms with Gasteiger partial charge >= 0.3 is 0 Å². The summed E-state index contributed by atoms with van der Waals surface area (Å²) in [5, 5.41) is 11.5. The zero-order valence-corrected chi connectivity index (χ0v) is 18.6. The number of benzene rings is 2. The summed E-state index contributed by atoms with van der Waals surface area (Å²) >= 11 is 0. The maximum atomic E-state index is 4.63. The molecule has 0 saturated carbocycles. The molecule has 2 aromatic carbocycles. The molecule has 1 aromatic heterocycles.